The smallest absolute Gasteiger partial charge is 0.320 e. The van der Waals surface area contributed by atoms with Gasteiger partial charge >= 0.3 is 12.0 Å². The number of hydrogen-bond donors (Lipinski definition) is 1. The summed E-state index contributed by atoms with van der Waals surface area (Å²) >= 11 is 0. The number of morpholine rings is 1. The van der Waals surface area contributed by atoms with E-state index in [4.69, 9.17) is 9.84 Å². The molecule has 1 N–H and O–H groups in total. The first-order valence-corrected chi connectivity index (χ1v) is 7.92. The van der Waals surface area contributed by atoms with E-state index in [9.17, 15) is 9.59 Å². The summed E-state index contributed by atoms with van der Waals surface area (Å²) in [6.45, 7) is 1.28. The third-order valence-electron chi connectivity index (χ3n) is 4.56. The van der Waals surface area contributed by atoms with Crippen LogP contribution in [0.15, 0.2) is 0 Å². The number of amides is 2. The minimum atomic E-state index is -0.889. The van der Waals surface area contributed by atoms with E-state index in [1.807, 2.05) is 11.9 Å². The number of carboxylic acids is 1. The van der Waals surface area contributed by atoms with Crippen LogP contribution in [0.2, 0.25) is 0 Å². The van der Waals surface area contributed by atoms with Crippen molar-refractivity contribution in [2.75, 3.05) is 26.8 Å². The Bertz CT molecular complexity index is 367. The van der Waals surface area contributed by atoms with Crippen LogP contribution in [0.3, 0.4) is 0 Å². The number of ether oxygens (including phenoxy) is 1. The Labute approximate surface area is 126 Å². The van der Waals surface area contributed by atoms with Crippen molar-refractivity contribution in [3.8, 4) is 0 Å². The lowest BCUT2D eigenvalue weighted by molar-refractivity contribution is -0.139. The monoisotopic (exact) mass is 298 g/mol. The van der Waals surface area contributed by atoms with Crippen molar-refractivity contribution in [3.05, 3.63) is 0 Å². The predicted molar refractivity (Wildman–Crippen MR) is 78.2 cm³/mol. The molecule has 1 heterocycles. The molecule has 0 radical (unpaired) electrons. The molecule has 0 aromatic heterocycles. The molecule has 2 rings (SSSR count). The highest BCUT2D eigenvalue weighted by molar-refractivity contribution is 5.76. The van der Waals surface area contributed by atoms with Gasteiger partial charge in [-0.3, -0.25) is 4.79 Å². The lowest BCUT2D eigenvalue weighted by Gasteiger charge is -2.39. The number of hydrogen-bond acceptors (Lipinski definition) is 3. The first-order valence-electron chi connectivity index (χ1n) is 7.92. The summed E-state index contributed by atoms with van der Waals surface area (Å²) in [4.78, 5) is 27.2. The third-order valence-corrected chi connectivity index (χ3v) is 4.56. The Kier molecular flexibility index (Phi) is 5.85. The van der Waals surface area contributed by atoms with Gasteiger partial charge in [-0.2, -0.15) is 0 Å². The van der Waals surface area contributed by atoms with Gasteiger partial charge in [0.25, 0.3) is 0 Å². The van der Waals surface area contributed by atoms with Gasteiger partial charge in [0.05, 0.1) is 25.7 Å². The van der Waals surface area contributed by atoms with Crippen LogP contribution in [0.4, 0.5) is 4.79 Å². The number of urea groups is 1. The quantitative estimate of drug-likeness (QED) is 0.808. The fraction of sp³-hybridized carbons (Fsp3) is 0.867. The highest BCUT2D eigenvalue weighted by Crippen LogP contribution is 2.23. The molecule has 2 aliphatic rings. The fourth-order valence-electron chi connectivity index (χ4n) is 3.28. The van der Waals surface area contributed by atoms with Gasteiger partial charge in [-0.25, -0.2) is 4.79 Å². The van der Waals surface area contributed by atoms with Gasteiger partial charge in [-0.05, 0) is 12.8 Å². The number of carbonyl (C=O) groups is 2. The summed E-state index contributed by atoms with van der Waals surface area (Å²) in [5.41, 5.74) is 0. The summed E-state index contributed by atoms with van der Waals surface area (Å²) in [5, 5.41) is 8.98. The topological polar surface area (TPSA) is 70.1 Å². The minimum absolute atomic E-state index is 0.0450. The van der Waals surface area contributed by atoms with E-state index in [0.717, 1.165) is 12.8 Å². The molecule has 1 unspecified atom stereocenters. The van der Waals surface area contributed by atoms with Crippen molar-refractivity contribution in [2.24, 2.45) is 0 Å². The van der Waals surface area contributed by atoms with E-state index in [2.05, 4.69) is 0 Å². The second-order valence-electron chi connectivity index (χ2n) is 6.06. The predicted octanol–water partition coefficient (Wildman–Crippen LogP) is 1.94. The molecule has 0 aromatic rings. The molecule has 6 heteroatoms. The summed E-state index contributed by atoms with van der Waals surface area (Å²) in [6, 6.07) is -0.109. The van der Waals surface area contributed by atoms with Crippen molar-refractivity contribution in [2.45, 2.75) is 57.0 Å². The Balaban J connectivity index is 1.99. The van der Waals surface area contributed by atoms with Gasteiger partial charge < -0.3 is 19.6 Å². The van der Waals surface area contributed by atoms with Gasteiger partial charge in [0, 0.05) is 19.6 Å². The second-order valence-corrected chi connectivity index (χ2v) is 6.06. The molecule has 1 aliphatic heterocycles. The molecule has 120 valence electrons. The maximum Gasteiger partial charge on any atom is 0.320 e. The molecule has 0 bridgehead atoms. The Morgan fingerprint density at radius 3 is 2.52 bits per heavy atom. The van der Waals surface area contributed by atoms with E-state index in [-0.39, 0.29) is 24.5 Å². The van der Waals surface area contributed by atoms with Crippen molar-refractivity contribution in [1.29, 1.82) is 0 Å². The SMILES string of the molecule is CN(C(=O)N1CCOCC1CC(=O)O)C1CCCCCC1. The molecule has 1 saturated heterocycles. The minimum Gasteiger partial charge on any atom is -0.481 e. The van der Waals surface area contributed by atoms with Crippen molar-refractivity contribution in [3.63, 3.8) is 0 Å². The highest BCUT2D eigenvalue weighted by atomic mass is 16.5. The summed E-state index contributed by atoms with van der Waals surface area (Å²) < 4.78 is 5.33. The van der Waals surface area contributed by atoms with Gasteiger partial charge in [-0.1, -0.05) is 25.7 Å². The normalized spacial score (nSPS) is 24.4. The zero-order valence-corrected chi connectivity index (χ0v) is 12.8. The van der Waals surface area contributed by atoms with Crippen LogP contribution < -0.4 is 0 Å². The highest BCUT2D eigenvalue weighted by Gasteiger charge is 2.33. The molecule has 6 nitrogen and oxygen atoms in total. The van der Waals surface area contributed by atoms with Crippen molar-refractivity contribution >= 4 is 12.0 Å². The molecule has 1 atom stereocenters. The summed E-state index contributed by atoms with van der Waals surface area (Å²) in [6.07, 6.45) is 6.89. The molecule has 2 amide bonds. The Morgan fingerprint density at radius 1 is 1.24 bits per heavy atom. The van der Waals surface area contributed by atoms with Crippen LogP contribution >= 0.6 is 0 Å². The molecular formula is C15H26N2O4. The molecule has 1 saturated carbocycles. The van der Waals surface area contributed by atoms with Gasteiger partial charge in [0.1, 0.15) is 0 Å². The third kappa shape index (κ3) is 4.33. The maximum absolute atomic E-state index is 12.7. The fourth-order valence-corrected chi connectivity index (χ4v) is 3.28. The molecule has 1 aliphatic carbocycles. The second kappa shape index (κ2) is 7.64. The van der Waals surface area contributed by atoms with Crippen LogP contribution in [0.5, 0.6) is 0 Å². The lowest BCUT2D eigenvalue weighted by Crippen LogP contribution is -2.55. The van der Waals surface area contributed by atoms with Crippen LogP contribution in [0.25, 0.3) is 0 Å². The van der Waals surface area contributed by atoms with E-state index in [0.29, 0.717) is 19.8 Å². The average Bonchev–Trinajstić information content (AvgIpc) is 2.75. The molecule has 0 spiro atoms. The van der Waals surface area contributed by atoms with Crippen LogP contribution in [0.1, 0.15) is 44.9 Å². The first-order chi connectivity index (χ1) is 10.1. The Hall–Kier alpha value is -1.30. The summed E-state index contributed by atoms with van der Waals surface area (Å²) in [7, 11) is 1.85. The van der Waals surface area contributed by atoms with E-state index in [1.165, 1.54) is 25.7 Å². The molecule has 0 aromatic carbocycles. The van der Waals surface area contributed by atoms with Gasteiger partial charge in [-0.15, -0.1) is 0 Å². The standard InChI is InChI=1S/C15H26N2O4/c1-16(12-6-4-2-3-5-7-12)15(20)17-8-9-21-11-13(17)10-14(18)19/h12-13H,2-11H2,1H3,(H,18,19). The number of carbonyl (C=O) groups excluding carboxylic acids is 1. The summed E-state index contributed by atoms with van der Waals surface area (Å²) in [5.74, 6) is -0.889. The van der Waals surface area contributed by atoms with Gasteiger partial charge in [0.2, 0.25) is 0 Å². The van der Waals surface area contributed by atoms with Gasteiger partial charge in [0.15, 0.2) is 0 Å². The maximum atomic E-state index is 12.7. The molecular weight excluding hydrogens is 272 g/mol. The van der Waals surface area contributed by atoms with E-state index < -0.39 is 5.97 Å². The number of nitrogens with zero attached hydrogens (tertiary/aromatic N) is 2. The van der Waals surface area contributed by atoms with Crippen molar-refractivity contribution in [1.82, 2.24) is 9.80 Å². The number of aliphatic carboxylic acids is 1. The largest absolute Gasteiger partial charge is 0.481 e. The average molecular weight is 298 g/mol. The first kappa shape index (κ1) is 16.1. The number of rotatable bonds is 3. The number of carboxylic acid groups (broad SMARTS) is 1. The zero-order valence-electron chi connectivity index (χ0n) is 12.8. The molecule has 21 heavy (non-hydrogen) atoms. The van der Waals surface area contributed by atoms with Crippen LogP contribution in [-0.2, 0) is 9.53 Å². The zero-order chi connectivity index (χ0) is 15.2. The van der Waals surface area contributed by atoms with E-state index >= 15 is 0 Å². The molecule has 2 fully saturated rings. The van der Waals surface area contributed by atoms with E-state index in [1.54, 1.807) is 4.90 Å². The van der Waals surface area contributed by atoms with Crippen LogP contribution in [-0.4, -0.2) is 65.8 Å². The lowest BCUT2D eigenvalue weighted by atomic mass is 10.1. The Morgan fingerprint density at radius 2 is 1.90 bits per heavy atom. The van der Waals surface area contributed by atoms with Crippen LogP contribution in [0, 0.1) is 0 Å². The van der Waals surface area contributed by atoms with Crippen molar-refractivity contribution < 1.29 is 19.4 Å².